The maximum absolute atomic E-state index is 5.92. The Morgan fingerprint density at radius 3 is 3.11 bits per heavy atom. The number of benzene rings is 1. The third kappa shape index (κ3) is 3.12. The highest BCUT2D eigenvalue weighted by Gasteiger charge is 2.15. The second-order valence-corrected chi connectivity index (χ2v) is 5.41. The van der Waals surface area contributed by atoms with Crippen LogP contribution in [0.3, 0.4) is 0 Å². The molecule has 18 heavy (non-hydrogen) atoms. The van der Waals surface area contributed by atoms with Crippen LogP contribution in [0.25, 0.3) is 0 Å². The molecule has 5 heteroatoms. The molecule has 98 valence electrons. The molecule has 0 atom stereocenters. The third-order valence-electron chi connectivity index (χ3n) is 2.86. The van der Waals surface area contributed by atoms with E-state index >= 15 is 0 Å². The Bertz CT molecular complexity index is 460. The lowest BCUT2D eigenvalue weighted by atomic mass is 10.1. The van der Waals surface area contributed by atoms with Crippen LogP contribution in [0.15, 0.2) is 22.0 Å². The van der Waals surface area contributed by atoms with Gasteiger partial charge in [-0.2, -0.15) is 0 Å². The molecule has 1 aliphatic heterocycles. The first-order valence-corrected chi connectivity index (χ1v) is 7.86. The summed E-state index contributed by atoms with van der Waals surface area (Å²) in [7, 11) is 7.18. The molecule has 0 spiro atoms. The van der Waals surface area contributed by atoms with Gasteiger partial charge in [-0.15, -0.1) is 0 Å². The van der Waals surface area contributed by atoms with Crippen molar-refractivity contribution in [1.29, 1.82) is 0 Å². The van der Waals surface area contributed by atoms with Crippen LogP contribution >= 0.6 is 21.7 Å². The number of amidine groups is 1. The van der Waals surface area contributed by atoms with E-state index in [4.69, 9.17) is 10.7 Å². The van der Waals surface area contributed by atoms with Crippen LogP contribution < -0.4 is 10.6 Å². The molecular formula is C13H18ClN3S. The van der Waals surface area contributed by atoms with Crippen molar-refractivity contribution in [3.05, 3.63) is 17.7 Å². The number of fused-ring (bicyclic) bond motifs is 1. The molecule has 0 amide bonds. The number of aliphatic imine (C=N–C) groups is 1. The number of rotatable bonds is 4. The Morgan fingerprint density at radius 2 is 2.39 bits per heavy atom. The minimum Gasteiger partial charge on any atom is -0.384 e. The van der Waals surface area contributed by atoms with Crippen LogP contribution in [0.5, 0.6) is 0 Å². The van der Waals surface area contributed by atoms with Gasteiger partial charge in [-0.3, -0.25) is 4.99 Å². The summed E-state index contributed by atoms with van der Waals surface area (Å²) in [6, 6.07) is 4.25. The average molecular weight is 284 g/mol. The van der Waals surface area contributed by atoms with E-state index in [1.807, 2.05) is 6.92 Å². The number of nitrogens with one attached hydrogen (secondary N) is 2. The van der Waals surface area contributed by atoms with E-state index < -0.39 is 0 Å². The summed E-state index contributed by atoms with van der Waals surface area (Å²) in [5.41, 5.74) is 3.58. The van der Waals surface area contributed by atoms with Gasteiger partial charge in [0.05, 0.1) is 11.5 Å². The molecule has 0 saturated carbocycles. The Morgan fingerprint density at radius 1 is 1.56 bits per heavy atom. The smallest absolute Gasteiger partial charge is 0.0975 e. The predicted molar refractivity (Wildman–Crippen MR) is 82.2 cm³/mol. The molecule has 0 unspecified atom stereocenters. The summed E-state index contributed by atoms with van der Waals surface area (Å²) < 4.78 is 0. The van der Waals surface area contributed by atoms with Gasteiger partial charge < -0.3 is 10.6 Å². The number of hydrogen-bond donors (Lipinski definition) is 2. The van der Waals surface area contributed by atoms with Gasteiger partial charge in [0.15, 0.2) is 0 Å². The number of nitrogens with zero attached hydrogens (tertiary/aromatic N) is 1. The molecule has 0 bridgehead atoms. The van der Waals surface area contributed by atoms with Crippen molar-refractivity contribution in [2.75, 3.05) is 23.7 Å². The molecule has 0 radical (unpaired) electrons. The van der Waals surface area contributed by atoms with Crippen molar-refractivity contribution < 1.29 is 0 Å². The van der Waals surface area contributed by atoms with E-state index in [9.17, 15) is 0 Å². The minimum atomic E-state index is 0.864. The molecular weight excluding hydrogens is 266 g/mol. The fraction of sp³-hybridized carbons (Fsp3) is 0.462. The zero-order chi connectivity index (χ0) is 13.0. The number of anilines is 2. The van der Waals surface area contributed by atoms with E-state index in [2.05, 4.69) is 34.7 Å². The summed E-state index contributed by atoms with van der Waals surface area (Å²) in [6.07, 6.45) is 2.12. The normalized spacial score (nSPS) is 14.3. The lowest BCUT2D eigenvalue weighted by Gasteiger charge is -2.11. The molecule has 0 aliphatic carbocycles. The van der Waals surface area contributed by atoms with Crippen LogP contribution in [0, 0.1) is 0 Å². The highest BCUT2D eigenvalue weighted by Crippen LogP contribution is 2.38. The SMILES string of the molecule is CCCN=C(C)Nc1cc2c(c(SCl)c1)NCC2. The van der Waals surface area contributed by atoms with Crippen molar-refractivity contribution in [1.82, 2.24) is 0 Å². The molecule has 1 heterocycles. The van der Waals surface area contributed by atoms with Crippen molar-refractivity contribution in [3.63, 3.8) is 0 Å². The van der Waals surface area contributed by atoms with Crippen molar-refractivity contribution >= 4 is 38.9 Å². The lowest BCUT2D eigenvalue weighted by molar-refractivity contribution is 0.931. The Labute approximate surface area is 117 Å². The zero-order valence-corrected chi connectivity index (χ0v) is 12.3. The molecule has 0 fully saturated rings. The molecule has 0 aromatic heterocycles. The summed E-state index contributed by atoms with van der Waals surface area (Å²) in [5.74, 6) is 0.952. The third-order valence-corrected chi connectivity index (χ3v) is 3.85. The van der Waals surface area contributed by atoms with Crippen LogP contribution in [-0.4, -0.2) is 18.9 Å². The summed E-state index contributed by atoms with van der Waals surface area (Å²) in [4.78, 5) is 5.52. The fourth-order valence-electron chi connectivity index (χ4n) is 2.05. The second kappa shape index (κ2) is 6.34. The Hall–Kier alpha value is -0.870. The van der Waals surface area contributed by atoms with Gasteiger partial charge in [0.2, 0.25) is 0 Å². The monoisotopic (exact) mass is 283 g/mol. The fourth-order valence-corrected chi connectivity index (χ4v) is 2.87. The number of hydrogen-bond acceptors (Lipinski definition) is 3. The minimum absolute atomic E-state index is 0.864. The van der Waals surface area contributed by atoms with Gasteiger partial charge in [-0.1, -0.05) is 6.92 Å². The van der Waals surface area contributed by atoms with E-state index in [1.165, 1.54) is 22.2 Å². The highest BCUT2D eigenvalue weighted by atomic mass is 35.7. The predicted octanol–water partition coefficient (Wildman–Crippen LogP) is 4.14. The quantitative estimate of drug-likeness (QED) is 0.644. The Kier molecular flexibility index (Phi) is 4.78. The molecule has 0 saturated heterocycles. The zero-order valence-electron chi connectivity index (χ0n) is 10.7. The summed E-state index contributed by atoms with van der Waals surface area (Å²) >= 11 is 0. The van der Waals surface area contributed by atoms with E-state index in [0.717, 1.165) is 42.3 Å². The standard InChI is InChI=1S/C13H18ClN3S/c1-3-5-15-9(2)17-11-7-10-4-6-16-13(10)12(8-11)18-14/h7-8,16H,3-6H2,1-2H3,(H,15,17). The number of halogens is 1. The first-order valence-electron chi connectivity index (χ1n) is 6.22. The van der Waals surface area contributed by atoms with E-state index in [1.54, 1.807) is 0 Å². The van der Waals surface area contributed by atoms with Crippen LogP contribution in [-0.2, 0) is 6.42 Å². The largest absolute Gasteiger partial charge is 0.384 e. The molecule has 1 aromatic carbocycles. The molecule has 1 aliphatic rings. The average Bonchev–Trinajstić information content (AvgIpc) is 2.83. The van der Waals surface area contributed by atoms with Gasteiger partial charge in [-0.05, 0) is 59.1 Å². The lowest BCUT2D eigenvalue weighted by Crippen LogP contribution is -2.08. The van der Waals surface area contributed by atoms with E-state index in [0.29, 0.717) is 0 Å². The van der Waals surface area contributed by atoms with Crippen LogP contribution in [0.4, 0.5) is 11.4 Å². The Balaban J connectivity index is 2.19. The summed E-state index contributed by atoms with van der Waals surface area (Å²) in [6.45, 7) is 5.98. The second-order valence-electron chi connectivity index (χ2n) is 4.35. The van der Waals surface area contributed by atoms with Crippen molar-refractivity contribution in [3.8, 4) is 0 Å². The highest BCUT2D eigenvalue weighted by molar-refractivity contribution is 8.21. The van der Waals surface area contributed by atoms with Crippen LogP contribution in [0.1, 0.15) is 25.8 Å². The molecule has 1 aromatic rings. The van der Waals surface area contributed by atoms with Gasteiger partial charge in [0, 0.05) is 23.7 Å². The van der Waals surface area contributed by atoms with Gasteiger partial charge >= 0.3 is 0 Å². The maximum atomic E-state index is 5.92. The first-order chi connectivity index (χ1) is 8.74. The summed E-state index contributed by atoms with van der Waals surface area (Å²) in [5, 5.41) is 6.70. The molecule has 2 rings (SSSR count). The topological polar surface area (TPSA) is 36.4 Å². The van der Waals surface area contributed by atoms with Crippen molar-refractivity contribution in [2.45, 2.75) is 31.6 Å². The van der Waals surface area contributed by atoms with Gasteiger partial charge in [-0.25, -0.2) is 0 Å². The first kappa shape index (κ1) is 13.6. The van der Waals surface area contributed by atoms with Crippen LogP contribution in [0.2, 0.25) is 0 Å². The van der Waals surface area contributed by atoms with Crippen molar-refractivity contribution in [2.24, 2.45) is 4.99 Å². The van der Waals surface area contributed by atoms with E-state index in [-0.39, 0.29) is 0 Å². The van der Waals surface area contributed by atoms with Gasteiger partial charge in [0.1, 0.15) is 0 Å². The molecule has 3 nitrogen and oxygen atoms in total. The molecule has 2 N–H and O–H groups in total. The maximum Gasteiger partial charge on any atom is 0.0975 e. The van der Waals surface area contributed by atoms with Gasteiger partial charge in [0.25, 0.3) is 0 Å².